The van der Waals surface area contributed by atoms with Crippen molar-refractivity contribution in [2.75, 3.05) is 7.11 Å². The van der Waals surface area contributed by atoms with Gasteiger partial charge in [0.25, 0.3) is 0 Å². The molecular formula is C19H20N2O2. The third kappa shape index (κ3) is 3.11. The summed E-state index contributed by atoms with van der Waals surface area (Å²) in [5.41, 5.74) is 4.24. The van der Waals surface area contributed by atoms with Gasteiger partial charge in [0, 0.05) is 13.3 Å². The second kappa shape index (κ2) is 6.24. The number of hydrazone groups is 1. The zero-order chi connectivity index (χ0) is 16.4. The van der Waals surface area contributed by atoms with E-state index in [1.165, 1.54) is 5.56 Å². The average molecular weight is 308 g/mol. The molecule has 2 aromatic carbocycles. The SMILES string of the molecule is COc1cccc([C@H]2CC(c3ccc(C)cc3)=NN2C(C)=O)c1. The van der Waals surface area contributed by atoms with Crippen LogP contribution in [0.4, 0.5) is 0 Å². The van der Waals surface area contributed by atoms with Gasteiger partial charge < -0.3 is 4.74 Å². The fraction of sp³-hybridized carbons (Fsp3) is 0.263. The van der Waals surface area contributed by atoms with Crippen LogP contribution in [0.2, 0.25) is 0 Å². The first kappa shape index (κ1) is 15.3. The Morgan fingerprint density at radius 1 is 1.22 bits per heavy atom. The van der Waals surface area contributed by atoms with Crippen LogP contribution in [-0.2, 0) is 4.79 Å². The lowest BCUT2D eigenvalue weighted by molar-refractivity contribution is -0.130. The molecule has 1 heterocycles. The van der Waals surface area contributed by atoms with E-state index in [1.807, 2.05) is 24.3 Å². The Kier molecular flexibility index (Phi) is 4.15. The summed E-state index contributed by atoms with van der Waals surface area (Å²) in [6.45, 7) is 3.61. The number of benzene rings is 2. The summed E-state index contributed by atoms with van der Waals surface area (Å²) < 4.78 is 5.29. The van der Waals surface area contributed by atoms with Gasteiger partial charge in [-0.05, 0) is 30.2 Å². The lowest BCUT2D eigenvalue weighted by atomic mass is 9.98. The monoisotopic (exact) mass is 308 g/mol. The first-order valence-electron chi connectivity index (χ1n) is 7.67. The number of aryl methyl sites for hydroxylation is 1. The van der Waals surface area contributed by atoms with Crippen LogP contribution in [0, 0.1) is 6.92 Å². The highest BCUT2D eigenvalue weighted by Gasteiger charge is 2.31. The first-order valence-corrected chi connectivity index (χ1v) is 7.67. The molecule has 1 atom stereocenters. The van der Waals surface area contributed by atoms with Crippen molar-refractivity contribution in [3.8, 4) is 5.75 Å². The molecule has 3 rings (SSSR count). The van der Waals surface area contributed by atoms with Crippen molar-refractivity contribution in [1.29, 1.82) is 0 Å². The van der Waals surface area contributed by atoms with Crippen LogP contribution in [0.25, 0.3) is 0 Å². The number of methoxy groups -OCH3 is 1. The Hall–Kier alpha value is -2.62. The largest absolute Gasteiger partial charge is 0.497 e. The van der Waals surface area contributed by atoms with Crippen LogP contribution >= 0.6 is 0 Å². The minimum absolute atomic E-state index is 0.0556. The van der Waals surface area contributed by atoms with Gasteiger partial charge in [0.2, 0.25) is 5.91 Å². The van der Waals surface area contributed by atoms with Gasteiger partial charge in [-0.2, -0.15) is 5.10 Å². The number of carbonyl (C=O) groups excluding carboxylic acids is 1. The fourth-order valence-corrected chi connectivity index (χ4v) is 2.83. The van der Waals surface area contributed by atoms with Crippen molar-refractivity contribution in [2.45, 2.75) is 26.3 Å². The van der Waals surface area contributed by atoms with E-state index in [9.17, 15) is 4.79 Å². The number of ether oxygens (including phenoxy) is 1. The predicted molar refractivity (Wildman–Crippen MR) is 90.6 cm³/mol. The molecule has 0 N–H and O–H groups in total. The number of nitrogens with zero attached hydrogens (tertiary/aromatic N) is 2. The lowest BCUT2D eigenvalue weighted by Gasteiger charge is -2.20. The van der Waals surface area contributed by atoms with E-state index in [4.69, 9.17) is 4.74 Å². The molecule has 0 aliphatic carbocycles. The maximum absolute atomic E-state index is 12.0. The van der Waals surface area contributed by atoms with Gasteiger partial charge in [0.1, 0.15) is 5.75 Å². The molecule has 0 spiro atoms. The Balaban J connectivity index is 1.93. The van der Waals surface area contributed by atoms with Crippen molar-refractivity contribution in [1.82, 2.24) is 5.01 Å². The van der Waals surface area contributed by atoms with Gasteiger partial charge in [-0.3, -0.25) is 4.79 Å². The standard InChI is InChI=1S/C19H20N2O2/c1-13-7-9-15(10-8-13)18-12-19(21(20-18)14(2)22)16-5-4-6-17(11-16)23-3/h4-11,19H,12H2,1-3H3/t19-/m1/s1. The van der Waals surface area contributed by atoms with Crippen LogP contribution in [0.5, 0.6) is 5.75 Å². The van der Waals surface area contributed by atoms with E-state index in [0.717, 1.165) is 22.6 Å². The second-order valence-electron chi connectivity index (χ2n) is 5.77. The van der Waals surface area contributed by atoms with Crippen LogP contribution in [0.3, 0.4) is 0 Å². The van der Waals surface area contributed by atoms with Crippen LogP contribution < -0.4 is 4.74 Å². The molecule has 1 amide bonds. The molecule has 0 fully saturated rings. The molecule has 0 unspecified atom stereocenters. The highest BCUT2D eigenvalue weighted by Crippen LogP contribution is 2.34. The first-order chi connectivity index (χ1) is 11.1. The van der Waals surface area contributed by atoms with Gasteiger partial charge in [0.15, 0.2) is 0 Å². The molecule has 0 saturated heterocycles. The van der Waals surface area contributed by atoms with Gasteiger partial charge in [-0.25, -0.2) is 5.01 Å². The van der Waals surface area contributed by atoms with Crippen LogP contribution in [0.15, 0.2) is 53.6 Å². The number of carbonyl (C=O) groups is 1. The summed E-state index contributed by atoms with van der Waals surface area (Å²) in [5, 5.41) is 6.13. The summed E-state index contributed by atoms with van der Waals surface area (Å²) in [6.07, 6.45) is 0.704. The highest BCUT2D eigenvalue weighted by atomic mass is 16.5. The fourth-order valence-electron chi connectivity index (χ4n) is 2.83. The number of amides is 1. The van der Waals surface area contributed by atoms with Crippen molar-refractivity contribution in [3.63, 3.8) is 0 Å². The number of rotatable bonds is 3. The molecule has 4 heteroatoms. The van der Waals surface area contributed by atoms with E-state index in [-0.39, 0.29) is 11.9 Å². The van der Waals surface area contributed by atoms with Gasteiger partial charge in [-0.1, -0.05) is 42.0 Å². The van der Waals surface area contributed by atoms with Crippen LogP contribution in [-0.4, -0.2) is 23.7 Å². The lowest BCUT2D eigenvalue weighted by Crippen LogP contribution is -2.24. The van der Waals surface area contributed by atoms with E-state index in [2.05, 4.69) is 36.3 Å². The molecule has 0 bridgehead atoms. The van der Waals surface area contributed by atoms with E-state index < -0.39 is 0 Å². The predicted octanol–water partition coefficient (Wildman–Crippen LogP) is 3.70. The molecule has 2 aromatic rings. The third-order valence-electron chi connectivity index (χ3n) is 4.10. The minimum Gasteiger partial charge on any atom is -0.497 e. The normalized spacial score (nSPS) is 17.1. The van der Waals surface area contributed by atoms with Gasteiger partial charge in [0.05, 0.1) is 18.9 Å². The van der Waals surface area contributed by atoms with Gasteiger partial charge >= 0.3 is 0 Å². The molecule has 1 aliphatic rings. The number of hydrogen-bond donors (Lipinski definition) is 0. The van der Waals surface area contributed by atoms with Crippen molar-refractivity contribution in [2.24, 2.45) is 5.10 Å². The van der Waals surface area contributed by atoms with Crippen molar-refractivity contribution >= 4 is 11.6 Å². The maximum atomic E-state index is 12.0. The average Bonchev–Trinajstić information content (AvgIpc) is 3.01. The summed E-state index contributed by atoms with van der Waals surface area (Å²) in [7, 11) is 1.64. The zero-order valence-corrected chi connectivity index (χ0v) is 13.6. The topological polar surface area (TPSA) is 41.9 Å². The summed E-state index contributed by atoms with van der Waals surface area (Å²) in [6, 6.07) is 16.0. The Bertz CT molecular complexity index is 750. The molecule has 4 nitrogen and oxygen atoms in total. The van der Waals surface area contributed by atoms with E-state index >= 15 is 0 Å². The smallest absolute Gasteiger partial charge is 0.240 e. The zero-order valence-electron chi connectivity index (χ0n) is 13.6. The van der Waals surface area contributed by atoms with E-state index in [0.29, 0.717) is 6.42 Å². The molecule has 23 heavy (non-hydrogen) atoms. The second-order valence-corrected chi connectivity index (χ2v) is 5.77. The quantitative estimate of drug-likeness (QED) is 0.867. The summed E-state index contributed by atoms with van der Waals surface area (Å²) >= 11 is 0. The third-order valence-corrected chi connectivity index (χ3v) is 4.10. The van der Waals surface area contributed by atoms with Gasteiger partial charge in [-0.15, -0.1) is 0 Å². The number of hydrogen-bond acceptors (Lipinski definition) is 3. The Labute approximate surface area is 136 Å². The van der Waals surface area contributed by atoms with Crippen molar-refractivity contribution in [3.05, 3.63) is 65.2 Å². The molecule has 118 valence electrons. The Morgan fingerprint density at radius 2 is 1.96 bits per heavy atom. The molecule has 1 aliphatic heterocycles. The summed E-state index contributed by atoms with van der Waals surface area (Å²) in [4.78, 5) is 12.0. The molecular weight excluding hydrogens is 288 g/mol. The van der Waals surface area contributed by atoms with Crippen LogP contribution in [0.1, 0.15) is 36.1 Å². The highest BCUT2D eigenvalue weighted by molar-refractivity contribution is 6.03. The minimum atomic E-state index is -0.0843. The maximum Gasteiger partial charge on any atom is 0.240 e. The molecule has 0 aromatic heterocycles. The molecule has 0 saturated carbocycles. The van der Waals surface area contributed by atoms with E-state index in [1.54, 1.807) is 19.0 Å². The Morgan fingerprint density at radius 3 is 2.61 bits per heavy atom. The molecule has 0 radical (unpaired) electrons. The summed E-state index contributed by atoms with van der Waals surface area (Å²) in [5.74, 6) is 0.731. The van der Waals surface area contributed by atoms with Crippen molar-refractivity contribution < 1.29 is 9.53 Å².